The molecule has 0 fully saturated rings. The first kappa shape index (κ1) is 14.8. The average Bonchev–Trinajstić information content (AvgIpc) is 2.38. The van der Waals surface area contributed by atoms with Gasteiger partial charge in [-0.15, -0.1) is 0 Å². The molecule has 0 aromatic heterocycles. The van der Waals surface area contributed by atoms with E-state index in [9.17, 15) is 9.59 Å². The second-order valence-electron chi connectivity index (χ2n) is 3.76. The second kappa shape index (κ2) is 6.63. The zero-order valence-corrected chi connectivity index (χ0v) is 11.1. The van der Waals surface area contributed by atoms with Gasteiger partial charge in [0.1, 0.15) is 11.3 Å². The van der Waals surface area contributed by atoms with Crippen molar-refractivity contribution in [2.45, 2.75) is 20.0 Å². The molecule has 104 valence electrons. The Morgan fingerprint density at radius 3 is 2.63 bits per heavy atom. The number of carbonyl (C=O) groups is 2. The minimum Gasteiger partial charge on any atom is -0.478 e. The largest absolute Gasteiger partial charge is 0.478 e. The lowest BCUT2D eigenvalue weighted by Crippen LogP contribution is -2.26. The van der Waals surface area contributed by atoms with E-state index in [1.807, 2.05) is 0 Å². The van der Waals surface area contributed by atoms with Gasteiger partial charge in [-0.2, -0.15) is 0 Å². The van der Waals surface area contributed by atoms with E-state index in [0.29, 0.717) is 5.69 Å². The van der Waals surface area contributed by atoms with Gasteiger partial charge in [0.25, 0.3) is 0 Å². The number of methoxy groups -OCH3 is 1. The van der Waals surface area contributed by atoms with Crippen LogP contribution in [0.2, 0.25) is 0 Å². The molecule has 0 saturated heterocycles. The predicted octanol–water partition coefficient (Wildman–Crippen LogP) is 1.39. The molecule has 1 aromatic carbocycles. The maximum absolute atomic E-state index is 11.7. The SMILES string of the molecule is CCOC(=O)c1ccc(N)cc1OC(C)C(=O)OC. The van der Waals surface area contributed by atoms with Crippen LogP contribution in [-0.4, -0.2) is 31.8 Å². The number of hydrogen-bond acceptors (Lipinski definition) is 6. The monoisotopic (exact) mass is 267 g/mol. The lowest BCUT2D eigenvalue weighted by molar-refractivity contribution is -0.147. The number of benzene rings is 1. The van der Waals surface area contributed by atoms with Crippen LogP contribution in [0.25, 0.3) is 0 Å². The third-order valence-electron chi connectivity index (χ3n) is 2.34. The summed E-state index contributed by atoms with van der Waals surface area (Å²) in [6, 6.07) is 4.51. The van der Waals surface area contributed by atoms with E-state index in [4.69, 9.17) is 15.2 Å². The summed E-state index contributed by atoms with van der Waals surface area (Å²) in [5.74, 6) is -0.886. The molecule has 1 atom stereocenters. The minimum atomic E-state index is -0.847. The fourth-order valence-electron chi connectivity index (χ4n) is 1.42. The number of carbonyl (C=O) groups excluding carboxylic acids is 2. The fraction of sp³-hybridized carbons (Fsp3) is 0.385. The molecule has 0 amide bonds. The molecule has 1 rings (SSSR count). The third-order valence-corrected chi connectivity index (χ3v) is 2.34. The first-order chi connectivity index (χ1) is 8.99. The maximum atomic E-state index is 11.7. The standard InChI is InChI=1S/C13H17NO5/c1-4-18-13(16)10-6-5-9(14)7-11(10)19-8(2)12(15)17-3/h5-8H,4,14H2,1-3H3. The number of nitrogen functional groups attached to an aromatic ring is 1. The van der Waals surface area contributed by atoms with E-state index < -0.39 is 18.0 Å². The molecule has 1 unspecified atom stereocenters. The Morgan fingerprint density at radius 1 is 1.37 bits per heavy atom. The van der Waals surface area contributed by atoms with Gasteiger partial charge in [-0.3, -0.25) is 0 Å². The lowest BCUT2D eigenvalue weighted by atomic mass is 10.2. The first-order valence-corrected chi connectivity index (χ1v) is 5.80. The highest BCUT2D eigenvalue weighted by Gasteiger charge is 2.20. The lowest BCUT2D eigenvalue weighted by Gasteiger charge is -2.15. The molecule has 0 radical (unpaired) electrons. The van der Waals surface area contributed by atoms with Crippen molar-refractivity contribution in [3.8, 4) is 5.75 Å². The Bertz CT molecular complexity index is 472. The van der Waals surface area contributed by atoms with Crippen LogP contribution in [0.3, 0.4) is 0 Å². The molecule has 6 nitrogen and oxygen atoms in total. The molecule has 0 aliphatic heterocycles. The number of anilines is 1. The Morgan fingerprint density at radius 2 is 2.05 bits per heavy atom. The van der Waals surface area contributed by atoms with Gasteiger partial charge in [-0.1, -0.05) is 0 Å². The summed E-state index contributed by atoms with van der Waals surface area (Å²) >= 11 is 0. The summed E-state index contributed by atoms with van der Waals surface area (Å²) in [5, 5.41) is 0. The zero-order valence-electron chi connectivity index (χ0n) is 11.1. The predicted molar refractivity (Wildman–Crippen MR) is 68.9 cm³/mol. The highest BCUT2D eigenvalue weighted by Crippen LogP contribution is 2.24. The molecule has 0 bridgehead atoms. The molecule has 6 heteroatoms. The normalized spacial score (nSPS) is 11.5. The number of rotatable bonds is 5. The second-order valence-corrected chi connectivity index (χ2v) is 3.76. The van der Waals surface area contributed by atoms with Crippen molar-refractivity contribution in [3.05, 3.63) is 23.8 Å². The van der Waals surface area contributed by atoms with Gasteiger partial charge < -0.3 is 19.9 Å². The van der Waals surface area contributed by atoms with Gasteiger partial charge in [0, 0.05) is 11.8 Å². The molecule has 0 saturated carbocycles. The Balaban J connectivity index is 3.00. The zero-order chi connectivity index (χ0) is 14.4. The van der Waals surface area contributed by atoms with Crippen molar-refractivity contribution in [1.82, 2.24) is 0 Å². The topological polar surface area (TPSA) is 87.9 Å². The van der Waals surface area contributed by atoms with Crippen LogP contribution in [0.1, 0.15) is 24.2 Å². The van der Waals surface area contributed by atoms with E-state index in [2.05, 4.69) is 4.74 Å². The van der Waals surface area contributed by atoms with Gasteiger partial charge in [0.15, 0.2) is 6.10 Å². The van der Waals surface area contributed by atoms with Crippen molar-refractivity contribution >= 4 is 17.6 Å². The van der Waals surface area contributed by atoms with E-state index in [0.717, 1.165) is 0 Å². The fourth-order valence-corrected chi connectivity index (χ4v) is 1.42. The van der Waals surface area contributed by atoms with Gasteiger partial charge in [-0.25, -0.2) is 9.59 Å². The smallest absolute Gasteiger partial charge is 0.346 e. The summed E-state index contributed by atoms with van der Waals surface area (Å²) in [6.45, 7) is 3.46. The summed E-state index contributed by atoms with van der Waals surface area (Å²) in [7, 11) is 1.26. The van der Waals surface area contributed by atoms with Crippen molar-refractivity contribution < 1.29 is 23.8 Å². The summed E-state index contributed by atoms with van der Waals surface area (Å²) < 4.78 is 14.8. The third kappa shape index (κ3) is 3.87. The van der Waals surface area contributed by atoms with Gasteiger partial charge in [0.2, 0.25) is 0 Å². The Kier molecular flexibility index (Phi) is 5.17. The van der Waals surface area contributed by atoms with Crippen molar-refractivity contribution in [1.29, 1.82) is 0 Å². The number of ether oxygens (including phenoxy) is 3. The summed E-state index contributed by atoms with van der Waals surface area (Å²) in [5.41, 5.74) is 6.27. The van der Waals surface area contributed by atoms with Crippen LogP contribution >= 0.6 is 0 Å². The van der Waals surface area contributed by atoms with E-state index in [1.165, 1.54) is 26.2 Å². The van der Waals surface area contributed by atoms with E-state index in [-0.39, 0.29) is 17.9 Å². The molecule has 2 N–H and O–H groups in total. The highest BCUT2D eigenvalue weighted by atomic mass is 16.6. The summed E-state index contributed by atoms with van der Waals surface area (Å²) in [4.78, 5) is 23.1. The Hall–Kier alpha value is -2.24. The van der Waals surface area contributed by atoms with Crippen molar-refractivity contribution in [3.63, 3.8) is 0 Å². The molecule has 0 aliphatic rings. The van der Waals surface area contributed by atoms with Crippen LogP contribution < -0.4 is 10.5 Å². The molecule has 19 heavy (non-hydrogen) atoms. The van der Waals surface area contributed by atoms with E-state index >= 15 is 0 Å². The van der Waals surface area contributed by atoms with Crippen LogP contribution in [0.5, 0.6) is 5.75 Å². The van der Waals surface area contributed by atoms with Crippen LogP contribution in [0.4, 0.5) is 5.69 Å². The van der Waals surface area contributed by atoms with Gasteiger partial charge in [0.05, 0.1) is 13.7 Å². The van der Waals surface area contributed by atoms with Crippen LogP contribution in [0.15, 0.2) is 18.2 Å². The molecule has 0 aliphatic carbocycles. The van der Waals surface area contributed by atoms with Crippen LogP contribution in [0, 0.1) is 0 Å². The Labute approximate surface area is 111 Å². The first-order valence-electron chi connectivity index (χ1n) is 5.80. The molecule has 0 heterocycles. The average molecular weight is 267 g/mol. The summed E-state index contributed by atoms with van der Waals surface area (Å²) in [6.07, 6.45) is -0.847. The molecule has 1 aromatic rings. The van der Waals surface area contributed by atoms with E-state index in [1.54, 1.807) is 13.0 Å². The molecule has 0 spiro atoms. The van der Waals surface area contributed by atoms with Crippen molar-refractivity contribution in [2.24, 2.45) is 0 Å². The van der Waals surface area contributed by atoms with Gasteiger partial charge >= 0.3 is 11.9 Å². The van der Waals surface area contributed by atoms with Crippen molar-refractivity contribution in [2.75, 3.05) is 19.5 Å². The number of nitrogens with two attached hydrogens (primary N) is 1. The number of esters is 2. The van der Waals surface area contributed by atoms with Gasteiger partial charge in [-0.05, 0) is 26.0 Å². The maximum Gasteiger partial charge on any atom is 0.346 e. The minimum absolute atomic E-state index is 0.191. The quantitative estimate of drug-likeness (QED) is 0.640. The number of hydrogen-bond donors (Lipinski definition) is 1. The molecular formula is C13H17NO5. The van der Waals surface area contributed by atoms with Crippen LogP contribution in [-0.2, 0) is 14.3 Å². The molecular weight excluding hydrogens is 250 g/mol. The highest BCUT2D eigenvalue weighted by molar-refractivity contribution is 5.93.